The van der Waals surface area contributed by atoms with Crippen LogP contribution in [0.2, 0.25) is 0 Å². The second-order valence-corrected chi connectivity index (χ2v) is 2.49. The van der Waals surface area contributed by atoms with E-state index < -0.39 is 0 Å². The summed E-state index contributed by atoms with van der Waals surface area (Å²) in [5, 5.41) is 3.04. The van der Waals surface area contributed by atoms with Gasteiger partial charge >= 0.3 is 0 Å². The maximum atomic E-state index is 5.64. The Hall–Kier alpha value is -1.45. The lowest BCUT2D eigenvalue weighted by Crippen LogP contribution is -2.05. The molecule has 0 unspecified atom stereocenters. The highest BCUT2D eigenvalue weighted by molar-refractivity contribution is 5.65. The van der Waals surface area contributed by atoms with E-state index in [0.717, 1.165) is 13.0 Å². The Balaban J connectivity index is 2.72. The van der Waals surface area contributed by atoms with Crippen molar-refractivity contribution in [2.24, 2.45) is 0 Å². The molecule has 4 heteroatoms. The second kappa shape index (κ2) is 3.80. The lowest BCUT2D eigenvalue weighted by molar-refractivity contribution is 1.05. The first-order valence-corrected chi connectivity index (χ1v) is 3.78. The molecule has 0 amide bonds. The number of hydrogen-bond acceptors (Lipinski definition) is 4. The van der Waals surface area contributed by atoms with Gasteiger partial charge < -0.3 is 16.8 Å². The van der Waals surface area contributed by atoms with Crippen LogP contribution in [0.3, 0.4) is 0 Å². The fraction of sp³-hybridized carbons (Fsp3) is 0.250. The minimum absolute atomic E-state index is 0.573. The van der Waals surface area contributed by atoms with E-state index in [4.69, 9.17) is 11.5 Å². The molecule has 0 aliphatic carbocycles. The third-order valence-electron chi connectivity index (χ3n) is 1.41. The molecule has 65 valence electrons. The van der Waals surface area contributed by atoms with Gasteiger partial charge in [0.15, 0.2) is 0 Å². The van der Waals surface area contributed by atoms with Crippen molar-refractivity contribution in [2.45, 2.75) is 6.42 Å². The fourth-order valence-electron chi connectivity index (χ4n) is 0.853. The molecule has 1 radical (unpaired) electrons. The van der Waals surface area contributed by atoms with Gasteiger partial charge in [0.2, 0.25) is 0 Å². The smallest absolute Gasteiger partial charge is 0.149 e. The zero-order valence-corrected chi connectivity index (χ0v) is 6.88. The summed E-state index contributed by atoms with van der Waals surface area (Å²) < 4.78 is 0. The lowest BCUT2D eigenvalue weighted by Gasteiger charge is -2.06. The van der Waals surface area contributed by atoms with Gasteiger partial charge in [0, 0.05) is 6.54 Å². The maximum Gasteiger partial charge on any atom is 0.149 e. The van der Waals surface area contributed by atoms with E-state index in [9.17, 15) is 0 Å². The van der Waals surface area contributed by atoms with Crippen LogP contribution < -0.4 is 16.8 Å². The number of nitrogens with zero attached hydrogens (tertiary/aromatic N) is 1. The summed E-state index contributed by atoms with van der Waals surface area (Å²) in [6.07, 6.45) is 2.37. The van der Waals surface area contributed by atoms with E-state index in [2.05, 4.69) is 17.2 Å². The molecular formula is C8H13N4. The van der Waals surface area contributed by atoms with E-state index in [-0.39, 0.29) is 0 Å². The number of nitrogen functional groups attached to an aromatic ring is 2. The van der Waals surface area contributed by atoms with Gasteiger partial charge in [-0.05, 0) is 12.5 Å². The minimum Gasteiger partial charge on any atom is -0.397 e. The normalized spacial score (nSPS) is 9.75. The molecule has 1 aromatic rings. The number of anilines is 3. The van der Waals surface area contributed by atoms with E-state index in [1.807, 2.05) is 0 Å². The number of nitrogens with one attached hydrogen (secondary N) is 1. The summed E-state index contributed by atoms with van der Waals surface area (Å²) >= 11 is 0. The summed E-state index contributed by atoms with van der Waals surface area (Å²) in [5.74, 6) is 0.674. The van der Waals surface area contributed by atoms with Gasteiger partial charge in [-0.1, -0.05) is 6.92 Å². The minimum atomic E-state index is 0.573. The molecule has 0 spiro atoms. The fourth-order valence-corrected chi connectivity index (χ4v) is 0.853. The van der Waals surface area contributed by atoms with Crippen molar-refractivity contribution in [3.05, 3.63) is 19.2 Å². The summed E-state index contributed by atoms with van der Waals surface area (Å²) in [6.45, 7) is 4.46. The van der Waals surface area contributed by atoms with Crippen LogP contribution in [0.5, 0.6) is 0 Å². The first-order valence-electron chi connectivity index (χ1n) is 3.78. The van der Waals surface area contributed by atoms with E-state index in [0.29, 0.717) is 17.2 Å². The number of pyridine rings is 1. The molecule has 0 saturated carbocycles. The molecule has 1 rings (SSSR count). The molecule has 1 aromatic heterocycles. The van der Waals surface area contributed by atoms with Gasteiger partial charge in [-0.3, -0.25) is 0 Å². The second-order valence-electron chi connectivity index (χ2n) is 2.49. The van der Waals surface area contributed by atoms with Crippen LogP contribution in [-0.4, -0.2) is 11.5 Å². The molecule has 0 bridgehead atoms. The molecular weight excluding hydrogens is 152 g/mol. The third-order valence-corrected chi connectivity index (χ3v) is 1.41. The van der Waals surface area contributed by atoms with Crippen molar-refractivity contribution >= 4 is 17.2 Å². The molecule has 4 nitrogen and oxygen atoms in total. The van der Waals surface area contributed by atoms with Crippen LogP contribution in [0.4, 0.5) is 17.2 Å². The maximum absolute atomic E-state index is 5.64. The Bertz CT molecular complexity index is 259. The van der Waals surface area contributed by atoms with Crippen LogP contribution in [0, 0.1) is 6.92 Å². The molecule has 0 fully saturated rings. The van der Waals surface area contributed by atoms with Crippen molar-refractivity contribution in [1.82, 2.24) is 4.98 Å². The lowest BCUT2D eigenvalue weighted by atomic mass is 10.3. The molecule has 0 aliphatic rings. The zero-order chi connectivity index (χ0) is 8.97. The summed E-state index contributed by atoms with van der Waals surface area (Å²) in [5.41, 5.74) is 12.3. The highest BCUT2D eigenvalue weighted by Gasteiger charge is 1.98. The molecule has 0 aromatic carbocycles. The Morgan fingerprint density at radius 3 is 2.83 bits per heavy atom. The van der Waals surface area contributed by atoms with Gasteiger partial charge in [0.25, 0.3) is 0 Å². The molecule has 0 saturated heterocycles. The van der Waals surface area contributed by atoms with Crippen LogP contribution >= 0.6 is 0 Å². The summed E-state index contributed by atoms with van der Waals surface area (Å²) in [6, 6.07) is 1.68. The van der Waals surface area contributed by atoms with Gasteiger partial charge in [-0.25, -0.2) is 4.98 Å². The highest BCUT2D eigenvalue weighted by atomic mass is 15.0. The first-order chi connectivity index (χ1) is 5.74. The summed E-state index contributed by atoms with van der Waals surface area (Å²) in [7, 11) is 0. The standard InChI is InChI=1S/C8H13N4/c1-2-3-11-8-7(10)4-6(9)5-12-8/h4-5H,1-3,9-10H2,(H,11,12). The zero-order valence-electron chi connectivity index (χ0n) is 6.88. The Morgan fingerprint density at radius 2 is 2.25 bits per heavy atom. The van der Waals surface area contributed by atoms with Crippen molar-refractivity contribution in [3.63, 3.8) is 0 Å². The molecule has 0 aliphatic heterocycles. The average molecular weight is 165 g/mol. The van der Waals surface area contributed by atoms with Gasteiger partial charge in [0.1, 0.15) is 5.82 Å². The number of rotatable bonds is 3. The van der Waals surface area contributed by atoms with E-state index >= 15 is 0 Å². The Labute approximate surface area is 72.0 Å². The van der Waals surface area contributed by atoms with Gasteiger partial charge in [-0.15, -0.1) is 0 Å². The van der Waals surface area contributed by atoms with Crippen molar-refractivity contribution in [3.8, 4) is 0 Å². The predicted octanol–water partition coefficient (Wildman–Crippen LogP) is 0.882. The Kier molecular flexibility index (Phi) is 2.74. The van der Waals surface area contributed by atoms with Crippen LogP contribution in [-0.2, 0) is 0 Å². The van der Waals surface area contributed by atoms with E-state index in [1.165, 1.54) is 0 Å². The SMILES string of the molecule is [CH2]CCNc1ncc(N)cc1N. The topological polar surface area (TPSA) is 77.0 Å². The monoisotopic (exact) mass is 165 g/mol. The predicted molar refractivity (Wildman–Crippen MR) is 51.5 cm³/mol. The van der Waals surface area contributed by atoms with Crippen molar-refractivity contribution in [2.75, 3.05) is 23.3 Å². The number of hydrogen-bond donors (Lipinski definition) is 3. The van der Waals surface area contributed by atoms with Crippen molar-refractivity contribution in [1.29, 1.82) is 0 Å². The Morgan fingerprint density at radius 1 is 1.50 bits per heavy atom. The molecule has 5 N–H and O–H groups in total. The average Bonchev–Trinajstić information content (AvgIpc) is 2.03. The summed E-state index contributed by atoms with van der Waals surface area (Å²) in [4.78, 5) is 4.03. The molecule has 0 atom stereocenters. The van der Waals surface area contributed by atoms with Crippen LogP contribution in [0.25, 0.3) is 0 Å². The van der Waals surface area contributed by atoms with Gasteiger partial charge in [-0.2, -0.15) is 0 Å². The van der Waals surface area contributed by atoms with Crippen LogP contribution in [0.15, 0.2) is 12.3 Å². The molecule has 1 heterocycles. The van der Waals surface area contributed by atoms with E-state index in [1.54, 1.807) is 12.3 Å². The quantitative estimate of drug-likeness (QED) is 0.621. The van der Waals surface area contributed by atoms with Crippen LogP contribution in [0.1, 0.15) is 6.42 Å². The van der Waals surface area contributed by atoms with Crippen molar-refractivity contribution < 1.29 is 0 Å². The van der Waals surface area contributed by atoms with Gasteiger partial charge in [0.05, 0.1) is 17.6 Å². The highest BCUT2D eigenvalue weighted by Crippen LogP contribution is 2.16. The number of aromatic nitrogens is 1. The molecule has 12 heavy (non-hydrogen) atoms. The third kappa shape index (κ3) is 2.02. The number of nitrogens with two attached hydrogens (primary N) is 2. The first kappa shape index (κ1) is 8.64. The largest absolute Gasteiger partial charge is 0.397 e.